The number of carbonyl (C=O) groups is 1. The van der Waals surface area contributed by atoms with Crippen molar-refractivity contribution < 1.29 is 9.53 Å². The van der Waals surface area contributed by atoms with Crippen LogP contribution in [0.3, 0.4) is 0 Å². The molecule has 8 heteroatoms. The molecule has 2 aliphatic rings. The van der Waals surface area contributed by atoms with Gasteiger partial charge in [0.15, 0.2) is 12.3 Å². The molecule has 7 nitrogen and oxygen atoms in total. The molecule has 1 saturated heterocycles. The monoisotopic (exact) mass is 343 g/mol. The molecular formula is C16H17N5O2S. The van der Waals surface area contributed by atoms with Gasteiger partial charge in [-0.3, -0.25) is 4.79 Å². The third kappa shape index (κ3) is 2.16. The lowest BCUT2D eigenvalue weighted by atomic mass is 10.2. The maximum Gasteiger partial charge on any atom is 0.336 e. The number of hydrogen-bond donors (Lipinski definition) is 0. The average Bonchev–Trinajstić information content (AvgIpc) is 3.33. The second-order valence-corrected chi connectivity index (χ2v) is 7.40. The van der Waals surface area contributed by atoms with Crippen molar-refractivity contribution in [2.75, 3.05) is 19.7 Å². The van der Waals surface area contributed by atoms with E-state index in [1.165, 1.54) is 16.9 Å². The maximum atomic E-state index is 12.1. The van der Waals surface area contributed by atoms with Crippen molar-refractivity contribution in [3.8, 4) is 6.01 Å². The van der Waals surface area contributed by atoms with E-state index >= 15 is 0 Å². The Morgan fingerprint density at radius 1 is 1.25 bits per heavy atom. The van der Waals surface area contributed by atoms with Gasteiger partial charge in [0.05, 0.1) is 5.39 Å². The van der Waals surface area contributed by atoms with Crippen molar-refractivity contribution in [3.63, 3.8) is 0 Å². The Bertz CT molecular complexity index is 941. The zero-order chi connectivity index (χ0) is 16.1. The van der Waals surface area contributed by atoms with Crippen molar-refractivity contribution in [3.05, 3.63) is 16.8 Å². The highest BCUT2D eigenvalue weighted by molar-refractivity contribution is 7.19. The molecule has 0 atom stereocenters. The van der Waals surface area contributed by atoms with Crippen LogP contribution in [0.5, 0.6) is 6.01 Å². The molecule has 24 heavy (non-hydrogen) atoms. The predicted octanol–water partition coefficient (Wildman–Crippen LogP) is 1.83. The topological polar surface area (TPSA) is 72.6 Å². The van der Waals surface area contributed by atoms with E-state index in [4.69, 9.17) is 4.74 Å². The molecule has 0 bridgehead atoms. The summed E-state index contributed by atoms with van der Waals surface area (Å²) in [6.07, 6.45) is 7.22. The number of carbonyl (C=O) groups excluding carboxylic acids is 1. The molecule has 3 aromatic rings. The smallest absolute Gasteiger partial charge is 0.336 e. The summed E-state index contributed by atoms with van der Waals surface area (Å²) in [4.78, 5) is 25.4. The van der Waals surface area contributed by atoms with Crippen LogP contribution in [0.4, 0.5) is 0 Å². The molecule has 0 aromatic carbocycles. The Morgan fingerprint density at radius 3 is 3.00 bits per heavy atom. The number of thiophene rings is 1. The Hall–Kier alpha value is -2.22. The summed E-state index contributed by atoms with van der Waals surface area (Å²) < 4.78 is 7.21. The van der Waals surface area contributed by atoms with Crippen molar-refractivity contribution in [2.24, 2.45) is 0 Å². The van der Waals surface area contributed by atoms with Crippen LogP contribution in [0.15, 0.2) is 6.33 Å². The molecule has 0 spiro atoms. The van der Waals surface area contributed by atoms with E-state index in [2.05, 4.69) is 15.1 Å². The molecule has 124 valence electrons. The highest BCUT2D eigenvalue weighted by Crippen LogP contribution is 2.38. The predicted molar refractivity (Wildman–Crippen MR) is 89.5 cm³/mol. The molecule has 5 rings (SSSR count). The standard InChI is InChI=1S/C16H17N5O2S/c22-12(20-6-1-2-7-20)8-23-16-18-14-13-10-4-3-5-11(10)24-15(13)17-9-21(14)19-16/h9H,1-8H2. The second kappa shape index (κ2) is 5.41. The van der Waals surface area contributed by atoms with Gasteiger partial charge in [0.25, 0.3) is 5.91 Å². The van der Waals surface area contributed by atoms with E-state index in [1.54, 1.807) is 22.2 Å². The number of hydrogen-bond acceptors (Lipinski definition) is 6. The summed E-state index contributed by atoms with van der Waals surface area (Å²) >= 11 is 1.75. The molecule has 1 aliphatic heterocycles. The van der Waals surface area contributed by atoms with Crippen LogP contribution in [0.25, 0.3) is 15.9 Å². The van der Waals surface area contributed by atoms with Crippen LogP contribution >= 0.6 is 11.3 Å². The summed E-state index contributed by atoms with van der Waals surface area (Å²) in [5.41, 5.74) is 2.14. The minimum absolute atomic E-state index is 0.00476. The van der Waals surface area contributed by atoms with Gasteiger partial charge >= 0.3 is 6.01 Å². The van der Waals surface area contributed by atoms with Gasteiger partial charge in [-0.2, -0.15) is 9.50 Å². The Balaban J connectivity index is 1.45. The molecule has 4 heterocycles. The quantitative estimate of drug-likeness (QED) is 0.725. The summed E-state index contributed by atoms with van der Waals surface area (Å²) in [5.74, 6) is 0.00560. The summed E-state index contributed by atoms with van der Waals surface area (Å²) in [5, 5.41) is 5.42. The Kier molecular flexibility index (Phi) is 3.19. The van der Waals surface area contributed by atoms with Crippen LogP contribution in [0.1, 0.15) is 29.7 Å². The number of fused-ring (bicyclic) bond motifs is 5. The number of aromatic nitrogens is 4. The van der Waals surface area contributed by atoms with Gasteiger partial charge in [-0.25, -0.2) is 4.98 Å². The largest absolute Gasteiger partial charge is 0.452 e. The van der Waals surface area contributed by atoms with Crippen molar-refractivity contribution in [1.82, 2.24) is 24.5 Å². The number of rotatable bonds is 3. The third-order valence-corrected chi connectivity index (χ3v) is 6.01. The SMILES string of the molecule is O=C(COc1nc2c3c4c(sc3ncn2n1)CCC4)N1CCCC1. The summed E-state index contributed by atoms with van der Waals surface area (Å²) in [6.45, 7) is 1.65. The second-order valence-electron chi connectivity index (χ2n) is 6.32. The number of nitrogens with zero attached hydrogens (tertiary/aromatic N) is 5. The van der Waals surface area contributed by atoms with Gasteiger partial charge < -0.3 is 9.64 Å². The van der Waals surface area contributed by atoms with E-state index < -0.39 is 0 Å². The minimum Gasteiger partial charge on any atom is -0.452 e. The maximum absolute atomic E-state index is 12.1. The van der Waals surface area contributed by atoms with Gasteiger partial charge in [-0.15, -0.1) is 16.4 Å². The fourth-order valence-corrected chi connectivity index (χ4v) is 4.84. The van der Waals surface area contributed by atoms with Gasteiger partial charge in [-0.05, 0) is 37.7 Å². The first-order valence-electron chi connectivity index (χ1n) is 8.36. The van der Waals surface area contributed by atoms with Gasteiger partial charge in [0.2, 0.25) is 0 Å². The van der Waals surface area contributed by atoms with Crippen LogP contribution in [0, 0.1) is 0 Å². The number of likely N-dealkylation sites (tertiary alicyclic amines) is 1. The normalized spacial score (nSPS) is 17.1. The first-order chi connectivity index (χ1) is 11.8. The number of ether oxygens (including phenoxy) is 1. The van der Waals surface area contributed by atoms with Crippen molar-refractivity contribution >= 4 is 33.1 Å². The highest BCUT2D eigenvalue weighted by Gasteiger charge is 2.23. The number of amides is 1. The zero-order valence-corrected chi connectivity index (χ0v) is 14.0. The van der Waals surface area contributed by atoms with Crippen molar-refractivity contribution in [2.45, 2.75) is 32.1 Å². The summed E-state index contributed by atoms with van der Waals surface area (Å²) in [7, 11) is 0. The first kappa shape index (κ1) is 14.2. The zero-order valence-electron chi connectivity index (χ0n) is 13.2. The van der Waals surface area contributed by atoms with E-state index in [-0.39, 0.29) is 18.5 Å². The van der Waals surface area contributed by atoms with E-state index in [0.29, 0.717) is 0 Å². The molecule has 3 aromatic heterocycles. The van der Waals surface area contributed by atoms with Crippen LogP contribution in [0.2, 0.25) is 0 Å². The van der Waals surface area contributed by atoms with Crippen LogP contribution in [-0.2, 0) is 17.6 Å². The fourth-order valence-electron chi connectivity index (χ4n) is 3.62. The lowest BCUT2D eigenvalue weighted by Gasteiger charge is -2.14. The molecule has 1 amide bonds. The first-order valence-corrected chi connectivity index (χ1v) is 9.17. The molecule has 0 radical (unpaired) electrons. The van der Waals surface area contributed by atoms with E-state index in [0.717, 1.165) is 54.6 Å². The van der Waals surface area contributed by atoms with E-state index in [9.17, 15) is 4.79 Å². The average molecular weight is 343 g/mol. The van der Waals surface area contributed by atoms with Gasteiger partial charge in [-0.1, -0.05) is 0 Å². The lowest BCUT2D eigenvalue weighted by Crippen LogP contribution is -2.32. The van der Waals surface area contributed by atoms with Crippen LogP contribution in [-0.4, -0.2) is 50.1 Å². The lowest BCUT2D eigenvalue weighted by molar-refractivity contribution is -0.132. The Labute approximate surface area is 142 Å². The molecule has 0 N–H and O–H groups in total. The molecule has 1 fully saturated rings. The van der Waals surface area contributed by atoms with Gasteiger partial charge in [0.1, 0.15) is 11.2 Å². The summed E-state index contributed by atoms with van der Waals surface area (Å²) in [6, 6.07) is 0.245. The molecule has 1 aliphatic carbocycles. The molecular weight excluding hydrogens is 326 g/mol. The third-order valence-electron chi connectivity index (χ3n) is 4.81. The van der Waals surface area contributed by atoms with Crippen molar-refractivity contribution in [1.29, 1.82) is 0 Å². The number of aryl methyl sites for hydroxylation is 2. The molecule has 0 saturated carbocycles. The van der Waals surface area contributed by atoms with Gasteiger partial charge in [0, 0.05) is 18.0 Å². The minimum atomic E-state index is -0.00476. The van der Waals surface area contributed by atoms with Crippen LogP contribution < -0.4 is 4.74 Å². The molecule has 0 unspecified atom stereocenters. The highest BCUT2D eigenvalue weighted by atomic mass is 32.1. The van der Waals surface area contributed by atoms with E-state index in [1.807, 2.05) is 4.90 Å². The Morgan fingerprint density at radius 2 is 2.12 bits per heavy atom. The fraction of sp³-hybridized carbons (Fsp3) is 0.500.